The number of rotatable bonds is 6. The molecule has 0 fully saturated rings. The van der Waals surface area contributed by atoms with Crippen molar-refractivity contribution in [3.63, 3.8) is 0 Å². The highest BCUT2D eigenvalue weighted by Crippen LogP contribution is 2.27. The number of benzene rings is 2. The lowest BCUT2D eigenvalue weighted by Crippen LogP contribution is -2.31. The van der Waals surface area contributed by atoms with E-state index in [1.165, 1.54) is 18.2 Å². The maximum absolute atomic E-state index is 14.3. The first kappa shape index (κ1) is 20.1. The second-order valence-electron chi connectivity index (χ2n) is 5.26. The van der Waals surface area contributed by atoms with E-state index in [1.807, 2.05) is 6.92 Å². The van der Waals surface area contributed by atoms with Gasteiger partial charge in [0.1, 0.15) is 11.6 Å². The average molecular weight is 355 g/mol. The van der Waals surface area contributed by atoms with Crippen LogP contribution in [0.5, 0.6) is 0 Å². The Bertz CT molecular complexity index is 707. The van der Waals surface area contributed by atoms with Gasteiger partial charge in [-0.3, -0.25) is 4.79 Å². The SMILES string of the molecule is CCNCCNC(=O)c1ccc(-c2ccc(F)cc2C)c(F)c1.Cl. The predicted octanol–water partition coefficient (Wildman–Crippen LogP) is 3.70. The molecule has 0 radical (unpaired) electrons. The molecule has 0 aliphatic carbocycles. The number of aryl methyl sites for hydroxylation is 1. The molecular formula is C18H21ClF2N2O. The first-order valence-electron chi connectivity index (χ1n) is 7.58. The zero-order chi connectivity index (χ0) is 16.8. The largest absolute Gasteiger partial charge is 0.351 e. The number of carbonyl (C=O) groups excluding carboxylic acids is 1. The summed E-state index contributed by atoms with van der Waals surface area (Å²) in [6.45, 7) is 5.67. The third kappa shape index (κ3) is 5.01. The van der Waals surface area contributed by atoms with Gasteiger partial charge in [-0.15, -0.1) is 12.4 Å². The molecule has 24 heavy (non-hydrogen) atoms. The number of hydrogen-bond acceptors (Lipinski definition) is 2. The van der Waals surface area contributed by atoms with Crippen LogP contribution < -0.4 is 10.6 Å². The summed E-state index contributed by atoms with van der Waals surface area (Å²) in [5.74, 6) is -1.17. The van der Waals surface area contributed by atoms with E-state index in [1.54, 1.807) is 25.1 Å². The lowest BCUT2D eigenvalue weighted by molar-refractivity contribution is 0.0953. The van der Waals surface area contributed by atoms with Crippen LogP contribution >= 0.6 is 12.4 Å². The minimum absolute atomic E-state index is 0. The van der Waals surface area contributed by atoms with Gasteiger partial charge in [-0.2, -0.15) is 0 Å². The van der Waals surface area contributed by atoms with Gasteiger partial charge in [-0.05, 0) is 48.9 Å². The molecule has 0 bridgehead atoms. The molecule has 3 nitrogen and oxygen atoms in total. The highest BCUT2D eigenvalue weighted by Gasteiger charge is 2.12. The summed E-state index contributed by atoms with van der Waals surface area (Å²) in [7, 11) is 0. The van der Waals surface area contributed by atoms with Crippen LogP contribution in [0.2, 0.25) is 0 Å². The van der Waals surface area contributed by atoms with Crippen molar-refractivity contribution in [3.8, 4) is 11.1 Å². The number of nitrogens with one attached hydrogen (secondary N) is 2. The smallest absolute Gasteiger partial charge is 0.251 e. The van der Waals surface area contributed by atoms with E-state index in [9.17, 15) is 13.6 Å². The van der Waals surface area contributed by atoms with Crippen molar-refractivity contribution in [2.75, 3.05) is 19.6 Å². The van der Waals surface area contributed by atoms with Crippen molar-refractivity contribution in [2.45, 2.75) is 13.8 Å². The summed E-state index contributed by atoms with van der Waals surface area (Å²) in [6.07, 6.45) is 0. The second-order valence-corrected chi connectivity index (χ2v) is 5.26. The number of halogens is 3. The lowest BCUT2D eigenvalue weighted by atomic mass is 9.98. The lowest BCUT2D eigenvalue weighted by Gasteiger charge is -2.10. The topological polar surface area (TPSA) is 41.1 Å². The average Bonchev–Trinajstić information content (AvgIpc) is 2.52. The molecule has 0 spiro atoms. The third-order valence-corrected chi connectivity index (χ3v) is 3.55. The molecule has 0 saturated carbocycles. The Morgan fingerprint density at radius 3 is 2.38 bits per heavy atom. The molecule has 6 heteroatoms. The number of hydrogen-bond donors (Lipinski definition) is 2. The number of likely N-dealkylation sites (N-methyl/N-ethyl adjacent to an activating group) is 1. The van der Waals surface area contributed by atoms with Crippen LogP contribution in [0.4, 0.5) is 8.78 Å². The Hall–Kier alpha value is -1.98. The number of amides is 1. The first-order chi connectivity index (χ1) is 11.0. The minimum Gasteiger partial charge on any atom is -0.351 e. The zero-order valence-electron chi connectivity index (χ0n) is 13.7. The fourth-order valence-corrected chi connectivity index (χ4v) is 2.35. The molecule has 2 aromatic carbocycles. The van der Waals surface area contributed by atoms with E-state index < -0.39 is 5.82 Å². The molecule has 2 aromatic rings. The molecule has 2 N–H and O–H groups in total. The Morgan fingerprint density at radius 1 is 1.04 bits per heavy atom. The molecule has 0 aromatic heterocycles. The van der Waals surface area contributed by atoms with Crippen molar-refractivity contribution < 1.29 is 13.6 Å². The molecule has 0 aliphatic heterocycles. The van der Waals surface area contributed by atoms with E-state index in [2.05, 4.69) is 10.6 Å². The molecule has 2 rings (SSSR count). The highest BCUT2D eigenvalue weighted by molar-refractivity contribution is 5.94. The molecular weight excluding hydrogens is 334 g/mol. The van der Waals surface area contributed by atoms with E-state index in [-0.39, 0.29) is 29.7 Å². The van der Waals surface area contributed by atoms with Gasteiger partial charge in [0, 0.05) is 24.2 Å². The summed E-state index contributed by atoms with van der Waals surface area (Å²) in [5.41, 5.74) is 1.88. The van der Waals surface area contributed by atoms with E-state index in [4.69, 9.17) is 0 Å². The predicted molar refractivity (Wildman–Crippen MR) is 94.7 cm³/mol. The van der Waals surface area contributed by atoms with Crippen LogP contribution in [-0.2, 0) is 0 Å². The van der Waals surface area contributed by atoms with Crippen molar-refractivity contribution >= 4 is 18.3 Å². The summed E-state index contributed by atoms with van der Waals surface area (Å²) in [4.78, 5) is 12.0. The zero-order valence-corrected chi connectivity index (χ0v) is 14.5. The van der Waals surface area contributed by atoms with Crippen LogP contribution in [0.3, 0.4) is 0 Å². The van der Waals surface area contributed by atoms with Gasteiger partial charge in [0.15, 0.2) is 0 Å². The van der Waals surface area contributed by atoms with E-state index in [0.29, 0.717) is 29.8 Å². The van der Waals surface area contributed by atoms with Gasteiger partial charge in [-0.1, -0.05) is 19.1 Å². The Labute approximate surface area is 146 Å². The molecule has 130 valence electrons. The standard InChI is InChI=1S/C18H20F2N2O.ClH/c1-3-21-8-9-22-18(23)13-4-6-16(17(20)11-13)15-7-5-14(19)10-12(15)2;/h4-7,10-11,21H,3,8-9H2,1-2H3,(H,22,23);1H. The maximum Gasteiger partial charge on any atom is 0.251 e. The summed E-state index contributed by atoms with van der Waals surface area (Å²) >= 11 is 0. The fraction of sp³-hybridized carbons (Fsp3) is 0.278. The van der Waals surface area contributed by atoms with Gasteiger partial charge in [0.05, 0.1) is 0 Å². The van der Waals surface area contributed by atoms with Gasteiger partial charge in [0.2, 0.25) is 0 Å². The molecule has 0 unspecified atom stereocenters. The van der Waals surface area contributed by atoms with Crippen LogP contribution in [0.15, 0.2) is 36.4 Å². The normalized spacial score (nSPS) is 10.2. The van der Waals surface area contributed by atoms with Crippen LogP contribution in [0, 0.1) is 18.6 Å². The highest BCUT2D eigenvalue weighted by atomic mass is 35.5. The molecule has 0 saturated heterocycles. The van der Waals surface area contributed by atoms with Gasteiger partial charge >= 0.3 is 0 Å². The molecule has 0 aliphatic rings. The quantitative estimate of drug-likeness (QED) is 0.777. The Morgan fingerprint density at radius 2 is 1.75 bits per heavy atom. The Kier molecular flexibility index (Phi) is 7.82. The summed E-state index contributed by atoms with van der Waals surface area (Å²) in [6, 6.07) is 8.53. The summed E-state index contributed by atoms with van der Waals surface area (Å²) in [5, 5.41) is 5.81. The molecule has 0 atom stereocenters. The van der Waals surface area contributed by atoms with Crippen LogP contribution in [0.25, 0.3) is 11.1 Å². The fourth-order valence-electron chi connectivity index (χ4n) is 2.35. The number of carbonyl (C=O) groups is 1. The van der Waals surface area contributed by atoms with Gasteiger partial charge in [0.25, 0.3) is 5.91 Å². The second kappa shape index (κ2) is 9.35. The van der Waals surface area contributed by atoms with Crippen molar-refractivity contribution in [2.24, 2.45) is 0 Å². The van der Waals surface area contributed by atoms with E-state index in [0.717, 1.165) is 6.54 Å². The van der Waals surface area contributed by atoms with Crippen molar-refractivity contribution in [3.05, 3.63) is 59.2 Å². The van der Waals surface area contributed by atoms with Crippen LogP contribution in [0.1, 0.15) is 22.8 Å². The van der Waals surface area contributed by atoms with Crippen LogP contribution in [-0.4, -0.2) is 25.5 Å². The molecule has 0 heterocycles. The third-order valence-electron chi connectivity index (χ3n) is 3.55. The monoisotopic (exact) mass is 354 g/mol. The van der Waals surface area contributed by atoms with E-state index >= 15 is 0 Å². The molecule has 1 amide bonds. The van der Waals surface area contributed by atoms with Crippen molar-refractivity contribution in [1.82, 2.24) is 10.6 Å². The maximum atomic E-state index is 14.3. The summed E-state index contributed by atoms with van der Waals surface area (Å²) < 4.78 is 27.5. The Balaban J connectivity index is 0.00000288. The van der Waals surface area contributed by atoms with Gasteiger partial charge in [-0.25, -0.2) is 8.78 Å². The van der Waals surface area contributed by atoms with Crippen molar-refractivity contribution in [1.29, 1.82) is 0 Å². The van der Waals surface area contributed by atoms with Gasteiger partial charge < -0.3 is 10.6 Å². The first-order valence-corrected chi connectivity index (χ1v) is 7.58. The minimum atomic E-state index is -0.501.